The molecule has 0 radical (unpaired) electrons. The van der Waals surface area contributed by atoms with E-state index in [2.05, 4.69) is 45.2 Å². The first-order valence-electron chi connectivity index (χ1n) is 3.79. The zero-order valence-electron chi connectivity index (χ0n) is 7.00. The van der Waals surface area contributed by atoms with Crippen molar-refractivity contribution >= 4 is 21.6 Å². The molecule has 0 saturated heterocycles. The topological polar surface area (TPSA) is 17.3 Å². The zero-order valence-corrected chi connectivity index (χ0v) is 8.59. The molecule has 0 spiro atoms. The summed E-state index contributed by atoms with van der Waals surface area (Å²) in [6.45, 7) is 4.13. The number of hydrogen-bond acceptors (Lipinski definition) is 1. The Morgan fingerprint density at radius 2 is 2.17 bits per heavy atom. The van der Waals surface area contributed by atoms with Crippen LogP contribution in [0.1, 0.15) is 11.3 Å². The first-order valence-corrected chi connectivity index (χ1v) is 4.58. The SMILES string of the molecule is Cc1ccn2c(C)cc(Br)nc12. The van der Waals surface area contributed by atoms with Gasteiger partial charge >= 0.3 is 0 Å². The molecule has 2 aromatic heterocycles. The van der Waals surface area contributed by atoms with Crippen LogP contribution in [-0.4, -0.2) is 9.38 Å². The van der Waals surface area contributed by atoms with Crippen LogP contribution >= 0.6 is 15.9 Å². The first-order chi connectivity index (χ1) is 5.68. The maximum Gasteiger partial charge on any atom is 0.141 e. The van der Waals surface area contributed by atoms with Crippen LogP contribution in [0.4, 0.5) is 0 Å². The summed E-state index contributed by atoms with van der Waals surface area (Å²) in [4.78, 5) is 4.38. The summed E-state index contributed by atoms with van der Waals surface area (Å²) >= 11 is 3.38. The molecule has 2 rings (SSSR count). The molecule has 0 fully saturated rings. The number of aromatic nitrogens is 2. The van der Waals surface area contributed by atoms with Gasteiger partial charge in [0.15, 0.2) is 0 Å². The van der Waals surface area contributed by atoms with Crippen LogP contribution in [0.5, 0.6) is 0 Å². The van der Waals surface area contributed by atoms with Crippen LogP contribution in [0.2, 0.25) is 0 Å². The zero-order chi connectivity index (χ0) is 8.72. The molecule has 0 atom stereocenters. The lowest BCUT2D eigenvalue weighted by molar-refractivity contribution is 1.04. The second-order valence-corrected chi connectivity index (χ2v) is 3.73. The smallest absolute Gasteiger partial charge is 0.141 e. The molecule has 2 nitrogen and oxygen atoms in total. The third kappa shape index (κ3) is 1.05. The van der Waals surface area contributed by atoms with Crippen molar-refractivity contribution in [2.75, 3.05) is 0 Å². The van der Waals surface area contributed by atoms with Gasteiger partial charge in [-0.25, -0.2) is 4.98 Å². The first kappa shape index (κ1) is 7.80. The minimum absolute atomic E-state index is 0.898. The van der Waals surface area contributed by atoms with E-state index < -0.39 is 0 Å². The van der Waals surface area contributed by atoms with Gasteiger partial charge in [0.2, 0.25) is 0 Å². The van der Waals surface area contributed by atoms with Gasteiger partial charge in [-0.05, 0) is 47.5 Å². The van der Waals surface area contributed by atoms with E-state index in [0.29, 0.717) is 0 Å². The monoisotopic (exact) mass is 224 g/mol. The van der Waals surface area contributed by atoms with E-state index in [1.54, 1.807) is 0 Å². The molecule has 0 aliphatic rings. The maximum absolute atomic E-state index is 4.38. The molecule has 12 heavy (non-hydrogen) atoms. The van der Waals surface area contributed by atoms with E-state index in [1.807, 2.05) is 12.3 Å². The number of hydrogen-bond donors (Lipinski definition) is 0. The van der Waals surface area contributed by atoms with E-state index in [4.69, 9.17) is 0 Å². The molecule has 0 bridgehead atoms. The van der Waals surface area contributed by atoms with E-state index in [0.717, 1.165) is 10.3 Å². The Morgan fingerprint density at radius 3 is 2.92 bits per heavy atom. The average Bonchev–Trinajstić information content (AvgIpc) is 2.33. The number of aryl methyl sites for hydroxylation is 2. The lowest BCUT2D eigenvalue weighted by atomic mass is 10.4. The van der Waals surface area contributed by atoms with Crippen LogP contribution in [0.25, 0.3) is 5.65 Å². The van der Waals surface area contributed by atoms with Gasteiger partial charge in [-0.3, -0.25) is 0 Å². The van der Waals surface area contributed by atoms with Gasteiger partial charge in [-0.2, -0.15) is 0 Å². The molecule has 0 saturated carbocycles. The lowest BCUT2D eigenvalue weighted by Crippen LogP contribution is -1.92. The molecule has 0 aliphatic heterocycles. The van der Waals surface area contributed by atoms with Gasteiger partial charge in [-0.1, -0.05) is 0 Å². The van der Waals surface area contributed by atoms with Crippen LogP contribution in [0, 0.1) is 13.8 Å². The molecular formula is C9H9BrN2. The second kappa shape index (κ2) is 2.59. The fourth-order valence-corrected chi connectivity index (χ4v) is 1.82. The fourth-order valence-electron chi connectivity index (χ4n) is 1.32. The van der Waals surface area contributed by atoms with Crippen molar-refractivity contribution in [2.45, 2.75) is 13.8 Å². The van der Waals surface area contributed by atoms with Crippen molar-refractivity contribution in [2.24, 2.45) is 0 Å². The van der Waals surface area contributed by atoms with Crippen molar-refractivity contribution in [1.82, 2.24) is 9.38 Å². The van der Waals surface area contributed by atoms with Crippen molar-refractivity contribution in [3.63, 3.8) is 0 Å². The van der Waals surface area contributed by atoms with Crippen LogP contribution in [-0.2, 0) is 0 Å². The van der Waals surface area contributed by atoms with Gasteiger partial charge in [0.05, 0.1) is 0 Å². The third-order valence-electron chi connectivity index (χ3n) is 1.98. The van der Waals surface area contributed by atoms with E-state index in [-0.39, 0.29) is 0 Å². The molecular weight excluding hydrogens is 216 g/mol. The van der Waals surface area contributed by atoms with Crippen molar-refractivity contribution in [3.8, 4) is 0 Å². The van der Waals surface area contributed by atoms with Crippen LogP contribution < -0.4 is 0 Å². The van der Waals surface area contributed by atoms with Crippen LogP contribution in [0.3, 0.4) is 0 Å². The Kier molecular flexibility index (Phi) is 1.68. The molecule has 0 aromatic carbocycles. The van der Waals surface area contributed by atoms with E-state index in [1.165, 1.54) is 11.3 Å². The standard InChI is InChI=1S/C9H9BrN2/c1-6-3-4-12-7(2)5-8(10)11-9(6)12/h3-5H,1-2H3. The Labute approximate surface area is 79.4 Å². The van der Waals surface area contributed by atoms with E-state index in [9.17, 15) is 0 Å². The summed E-state index contributed by atoms with van der Waals surface area (Å²) in [5.41, 5.74) is 3.43. The minimum Gasteiger partial charge on any atom is -0.306 e. The van der Waals surface area contributed by atoms with Gasteiger partial charge in [0.1, 0.15) is 10.3 Å². The summed E-state index contributed by atoms with van der Waals surface area (Å²) in [5, 5.41) is 0. The molecule has 62 valence electrons. The Morgan fingerprint density at radius 1 is 1.42 bits per heavy atom. The number of nitrogens with zero attached hydrogens (tertiary/aromatic N) is 2. The number of halogens is 1. The molecule has 3 heteroatoms. The lowest BCUT2D eigenvalue weighted by Gasteiger charge is -2.00. The predicted molar refractivity (Wildman–Crippen MR) is 52.4 cm³/mol. The Bertz CT molecular complexity index is 431. The highest BCUT2D eigenvalue weighted by Gasteiger charge is 2.02. The van der Waals surface area contributed by atoms with E-state index >= 15 is 0 Å². The van der Waals surface area contributed by atoms with Gasteiger partial charge < -0.3 is 4.40 Å². The van der Waals surface area contributed by atoms with Gasteiger partial charge in [0.25, 0.3) is 0 Å². The average molecular weight is 225 g/mol. The van der Waals surface area contributed by atoms with Crippen molar-refractivity contribution in [3.05, 3.63) is 34.2 Å². The summed E-state index contributed by atoms with van der Waals surface area (Å²) < 4.78 is 2.98. The molecule has 0 aliphatic carbocycles. The summed E-state index contributed by atoms with van der Waals surface area (Å²) in [5.74, 6) is 0. The predicted octanol–water partition coefficient (Wildman–Crippen LogP) is 2.71. The highest BCUT2D eigenvalue weighted by molar-refractivity contribution is 9.10. The number of rotatable bonds is 0. The Balaban J connectivity index is 2.92. The molecule has 2 heterocycles. The van der Waals surface area contributed by atoms with Gasteiger partial charge in [-0.15, -0.1) is 0 Å². The summed E-state index contributed by atoms with van der Waals surface area (Å²) in [6.07, 6.45) is 2.04. The van der Waals surface area contributed by atoms with Crippen molar-refractivity contribution < 1.29 is 0 Å². The molecule has 0 N–H and O–H groups in total. The summed E-state index contributed by atoms with van der Waals surface area (Å²) in [6, 6.07) is 4.08. The largest absolute Gasteiger partial charge is 0.306 e. The van der Waals surface area contributed by atoms with Crippen LogP contribution in [0.15, 0.2) is 22.9 Å². The third-order valence-corrected chi connectivity index (χ3v) is 2.38. The highest BCUT2D eigenvalue weighted by atomic mass is 79.9. The molecule has 0 unspecified atom stereocenters. The normalized spacial score (nSPS) is 10.9. The molecule has 0 amide bonds. The fraction of sp³-hybridized carbons (Fsp3) is 0.222. The van der Waals surface area contributed by atoms with Gasteiger partial charge in [0, 0.05) is 11.9 Å². The minimum atomic E-state index is 0.898. The quantitative estimate of drug-likeness (QED) is 0.630. The Hall–Kier alpha value is -0.830. The molecule has 2 aromatic rings. The number of fused-ring (bicyclic) bond motifs is 1. The van der Waals surface area contributed by atoms with Crippen molar-refractivity contribution in [1.29, 1.82) is 0 Å². The second-order valence-electron chi connectivity index (χ2n) is 2.91. The maximum atomic E-state index is 4.38. The highest BCUT2D eigenvalue weighted by Crippen LogP contribution is 2.15. The summed E-state index contributed by atoms with van der Waals surface area (Å²) in [7, 11) is 0.